The zero-order chi connectivity index (χ0) is 20.2. The van der Waals surface area contributed by atoms with E-state index in [1.54, 1.807) is 12.1 Å². The zero-order valence-electron chi connectivity index (χ0n) is 17.0. The molecular weight excluding hydrogens is 367 g/mol. The van der Waals surface area contributed by atoms with Crippen molar-refractivity contribution in [1.29, 1.82) is 0 Å². The molecule has 0 unspecified atom stereocenters. The van der Waals surface area contributed by atoms with Crippen LogP contribution in [0.3, 0.4) is 0 Å². The summed E-state index contributed by atoms with van der Waals surface area (Å²) in [5.74, 6) is 0.139. The van der Waals surface area contributed by atoms with Gasteiger partial charge < -0.3 is 5.32 Å². The molecule has 2 heterocycles. The molecule has 1 aliphatic carbocycles. The van der Waals surface area contributed by atoms with Gasteiger partial charge in [-0.3, -0.25) is 14.4 Å². The molecule has 6 heteroatoms. The Kier molecular flexibility index (Phi) is 6.09. The van der Waals surface area contributed by atoms with Crippen LogP contribution in [0.15, 0.2) is 42.5 Å². The normalized spacial score (nSPS) is 20.7. The molecule has 0 spiro atoms. The van der Waals surface area contributed by atoms with E-state index in [9.17, 15) is 9.18 Å². The average molecular weight is 397 g/mol. The van der Waals surface area contributed by atoms with Crippen LogP contribution in [0.2, 0.25) is 0 Å². The van der Waals surface area contributed by atoms with Crippen LogP contribution in [0, 0.1) is 11.7 Å². The smallest absolute Gasteiger partial charge is 0.223 e. The van der Waals surface area contributed by atoms with E-state index in [0.29, 0.717) is 0 Å². The van der Waals surface area contributed by atoms with E-state index in [0.717, 1.165) is 68.7 Å². The number of piperidine rings is 1. The van der Waals surface area contributed by atoms with Crippen molar-refractivity contribution in [1.82, 2.24) is 20.0 Å². The van der Waals surface area contributed by atoms with Crippen LogP contribution in [0.1, 0.15) is 37.8 Å². The van der Waals surface area contributed by atoms with Crippen LogP contribution in [0.4, 0.5) is 4.39 Å². The van der Waals surface area contributed by atoms with Gasteiger partial charge in [0.2, 0.25) is 5.91 Å². The molecule has 1 amide bonds. The van der Waals surface area contributed by atoms with Crippen molar-refractivity contribution in [2.75, 3.05) is 13.1 Å². The maximum atomic E-state index is 13.2. The van der Waals surface area contributed by atoms with Crippen molar-refractivity contribution in [3.63, 3.8) is 0 Å². The maximum Gasteiger partial charge on any atom is 0.223 e. The molecular formula is C23H29FN4O. The first kappa shape index (κ1) is 19.8. The summed E-state index contributed by atoms with van der Waals surface area (Å²) < 4.78 is 15.1. The van der Waals surface area contributed by atoms with Crippen molar-refractivity contribution in [3.8, 4) is 11.3 Å². The Morgan fingerprint density at radius 3 is 2.62 bits per heavy atom. The molecule has 2 aliphatic rings. The van der Waals surface area contributed by atoms with E-state index in [2.05, 4.69) is 33.5 Å². The fourth-order valence-electron chi connectivity index (χ4n) is 4.23. The molecule has 1 fully saturated rings. The number of amides is 1. The third kappa shape index (κ3) is 4.93. The Morgan fingerprint density at radius 2 is 1.93 bits per heavy atom. The number of hydrogen-bond acceptors (Lipinski definition) is 3. The second kappa shape index (κ2) is 8.91. The lowest BCUT2D eigenvalue weighted by Gasteiger charge is -2.33. The molecule has 1 atom stereocenters. The van der Waals surface area contributed by atoms with Crippen molar-refractivity contribution in [2.24, 2.45) is 13.0 Å². The molecule has 29 heavy (non-hydrogen) atoms. The molecule has 0 radical (unpaired) electrons. The number of allylic oxidation sites excluding steroid dienone is 2. The number of likely N-dealkylation sites (tertiary alicyclic amines) is 1. The summed E-state index contributed by atoms with van der Waals surface area (Å²) in [6.07, 6.45) is 9.13. The van der Waals surface area contributed by atoms with Gasteiger partial charge >= 0.3 is 0 Å². The molecule has 1 saturated heterocycles. The first-order chi connectivity index (χ1) is 14.1. The van der Waals surface area contributed by atoms with Gasteiger partial charge in [-0.05, 0) is 62.4 Å². The molecule has 0 bridgehead atoms. The summed E-state index contributed by atoms with van der Waals surface area (Å²) in [5.41, 5.74) is 2.93. The van der Waals surface area contributed by atoms with Crippen LogP contribution in [-0.2, 0) is 18.4 Å². The first-order valence-corrected chi connectivity index (χ1v) is 10.5. The SMILES string of the molecule is Cn1nc(-c2ccc(F)cc2)cc1CN1CCC(NC(=O)[C@H]2CC=CCC2)CC1. The summed E-state index contributed by atoms with van der Waals surface area (Å²) in [6, 6.07) is 8.82. The predicted molar refractivity (Wildman–Crippen MR) is 112 cm³/mol. The number of nitrogens with one attached hydrogen (secondary N) is 1. The van der Waals surface area contributed by atoms with Gasteiger partial charge in [-0.2, -0.15) is 5.10 Å². The molecule has 1 aliphatic heterocycles. The molecule has 1 aromatic heterocycles. The second-order valence-corrected chi connectivity index (χ2v) is 8.19. The Hall–Kier alpha value is -2.47. The number of carbonyl (C=O) groups excluding carboxylic acids is 1. The molecule has 4 rings (SSSR count). The summed E-state index contributed by atoms with van der Waals surface area (Å²) in [5, 5.41) is 7.85. The molecule has 5 nitrogen and oxygen atoms in total. The predicted octanol–water partition coefficient (Wildman–Crippen LogP) is 3.66. The third-order valence-corrected chi connectivity index (χ3v) is 6.08. The highest BCUT2D eigenvalue weighted by atomic mass is 19.1. The quantitative estimate of drug-likeness (QED) is 0.785. The lowest BCUT2D eigenvalue weighted by molar-refractivity contribution is -0.126. The highest BCUT2D eigenvalue weighted by Crippen LogP contribution is 2.22. The number of benzene rings is 1. The lowest BCUT2D eigenvalue weighted by atomic mass is 9.93. The summed E-state index contributed by atoms with van der Waals surface area (Å²) in [6.45, 7) is 2.76. The fraction of sp³-hybridized carbons (Fsp3) is 0.478. The van der Waals surface area contributed by atoms with Crippen LogP contribution >= 0.6 is 0 Å². The molecule has 0 saturated carbocycles. The van der Waals surface area contributed by atoms with Crippen molar-refractivity contribution < 1.29 is 9.18 Å². The average Bonchev–Trinajstić information content (AvgIpc) is 3.11. The third-order valence-electron chi connectivity index (χ3n) is 6.08. The Morgan fingerprint density at radius 1 is 1.17 bits per heavy atom. The van der Waals surface area contributed by atoms with E-state index >= 15 is 0 Å². The number of halogens is 1. The summed E-state index contributed by atoms with van der Waals surface area (Å²) in [4.78, 5) is 14.9. The minimum atomic E-state index is -0.236. The van der Waals surface area contributed by atoms with Gasteiger partial charge in [-0.15, -0.1) is 0 Å². The number of aromatic nitrogens is 2. The summed E-state index contributed by atoms with van der Waals surface area (Å²) >= 11 is 0. The first-order valence-electron chi connectivity index (χ1n) is 10.5. The zero-order valence-corrected chi connectivity index (χ0v) is 17.0. The largest absolute Gasteiger partial charge is 0.353 e. The van der Waals surface area contributed by atoms with Gasteiger partial charge in [0.15, 0.2) is 0 Å². The van der Waals surface area contributed by atoms with E-state index in [4.69, 9.17) is 0 Å². The van der Waals surface area contributed by atoms with E-state index in [-0.39, 0.29) is 23.7 Å². The molecule has 1 N–H and O–H groups in total. The van der Waals surface area contributed by atoms with Gasteiger partial charge in [0, 0.05) is 44.2 Å². The van der Waals surface area contributed by atoms with Gasteiger partial charge in [-0.1, -0.05) is 12.2 Å². The Balaban J connectivity index is 1.29. The Labute approximate surface area is 171 Å². The summed E-state index contributed by atoms with van der Waals surface area (Å²) in [7, 11) is 1.95. The molecule has 154 valence electrons. The van der Waals surface area contributed by atoms with Crippen LogP contribution in [-0.4, -0.2) is 39.7 Å². The standard InChI is InChI=1S/C23H29FN4O/c1-27-21(15-22(26-27)17-7-9-19(24)10-8-17)16-28-13-11-20(12-14-28)25-23(29)18-5-3-2-4-6-18/h2-3,7-10,15,18,20H,4-6,11-14,16H2,1H3,(H,25,29)/t18-/m0/s1. The van der Waals surface area contributed by atoms with E-state index < -0.39 is 0 Å². The van der Waals surface area contributed by atoms with Crippen LogP contribution < -0.4 is 5.32 Å². The van der Waals surface area contributed by atoms with Gasteiger partial charge in [0.1, 0.15) is 5.82 Å². The Bertz CT molecular complexity index is 866. The highest BCUT2D eigenvalue weighted by Gasteiger charge is 2.25. The van der Waals surface area contributed by atoms with Gasteiger partial charge in [-0.25, -0.2) is 4.39 Å². The monoisotopic (exact) mass is 396 g/mol. The second-order valence-electron chi connectivity index (χ2n) is 8.19. The van der Waals surface area contributed by atoms with Gasteiger partial charge in [0.25, 0.3) is 0 Å². The van der Waals surface area contributed by atoms with Crippen LogP contribution in [0.5, 0.6) is 0 Å². The molecule has 2 aromatic rings. The topological polar surface area (TPSA) is 50.2 Å². The minimum absolute atomic E-state index is 0.150. The number of nitrogens with zero attached hydrogens (tertiary/aromatic N) is 3. The van der Waals surface area contributed by atoms with Crippen molar-refractivity contribution in [2.45, 2.75) is 44.7 Å². The number of rotatable bonds is 5. The van der Waals surface area contributed by atoms with Crippen molar-refractivity contribution in [3.05, 3.63) is 54.0 Å². The highest BCUT2D eigenvalue weighted by molar-refractivity contribution is 5.79. The minimum Gasteiger partial charge on any atom is -0.353 e. The lowest BCUT2D eigenvalue weighted by Crippen LogP contribution is -2.46. The molecule has 1 aromatic carbocycles. The van der Waals surface area contributed by atoms with E-state index in [1.165, 1.54) is 12.1 Å². The maximum absolute atomic E-state index is 13.2. The van der Waals surface area contributed by atoms with E-state index in [1.807, 2.05) is 11.7 Å². The van der Waals surface area contributed by atoms with Gasteiger partial charge in [0.05, 0.1) is 11.4 Å². The van der Waals surface area contributed by atoms with Crippen LogP contribution in [0.25, 0.3) is 11.3 Å². The number of aryl methyl sites for hydroxylation is 1. The van der Waals surface area contributed by atoms with Crippen molar-refractivity contribution >= 4 is 5.91 Å². The number of hydrogen-bond donors (Lipinski definition) is 1. The number of carbonyl (C=O) groups is 1. The fourth-order valence-corrected chi connectivity index (χ4v) is 4.23.